The zero-order valence-electron chi connectivity index (χ0n) is 12.1. The number of hydrogen-bond acceptors (Lipinski definition) is 3. The molecule has 0 saturated carbocycles. The van der Waals surface area contributed by atoms with E-state index in [9.17, 15) is 4.79 Å². The Labute approximate surface area is 123 Å². The summed E-state index contributed by atoms with van der Waals surface area (Å²) in [6.07, 6.45) is 0.678. The van der Waals surface area contributed by atoms with Gasteiger partial charge in [-0.2, -0.15) is 0 Å². The molecule has 0 aliphatic rings. The molecular formula is C18H17NO2. The monoisotopic (exact) mass is 279 g/mol. The number of carbonyl (C=O) groups excluding carboxylic acids is 1. The van der Waals surface area contributed by atoms with Crippen molar-refractivity contribution in [1.82, 2.24) is 0 Å². The number of furan rings is 1. The Kier molecular flexibility index (Phi) is 3.26. The standard InChI is InChI=1S/C18H17NO2/c1-3-15-17(13-7-4-5-10-16(13)21-15)18(20)12-8-6-9-14(19)11(12)2/h4-10H,3,19H2,1-2H3. The first-order chi connectivity index (χ1) is 10.1. The van der Waals surface area contributed by atoms with Crippen molar-refractivity contribution in [1.29, 1.82) is 0 Å². The summed E-state index contributed by atoms with van der Waals surface area (Å²) in [6, 6.07) is 13.1. The molecule has 0 radical (unpaired) electrons. The van der Waals surface area contributed by atoms with Gasteiger partial charge < -0.3 is 10.2 Å². The van der Waals surface area contributed by atoms with Crippen LogP contribution >= 0.6 is 0 Å². The van der Waals surface area contributed by atoms with Crippen molar-refractivity contribution in [2.45, 2.75) is 20.3 Å². The summed E-state index contributed by atoms with van der Waals surface area (Å²) in [5, 5.41) is 0.862. The van der Waals surface area contributed by atoms with E-state index in [1.165, 1.54) is 0 Å². The maximum Gasteiger partial charge on any atom is 0.197 e. The van der Waals surface area contributed by atoms with Gasteiger partial charge in [0.2, 0.25) is 0 Å². The lowest BCUT2D eigenvalue weighted by Crippen LogP contribution is -2.07. The number of fused-ring (bicyclic) bond motifs is 1. The second-order valence-corrected chi connectivity index (χ2v) is 5.10. The lowest BCUT2D eigenvalue weighted by Gasteiger charge is -2.07. The highest BCUT2D eigenvalue weighted by atomic mass is 16.3. The van der Waals surface area contributed by atoms with E-state index in [1.54, 1.807) is 6.07 Å². The molecule has 1 aromatic heterocycles. The molecule has 0 bridgehead atoms. The number of ketones is 1. The predicted molar refractivity (Wildman–Crippen MR) is 84.6 cm³/mol. The van der Waals surface area contributed by atoms with Crippen LogP contribution in [-0.2, 0) is 6.42 Å². The van der Waals surface area contributed by atoms with E-state index in [1.807, 2.05) is 50.2 Å². The van der Waals surface area contributed by atoms with Gasteiger partial charge in [0.05, 0.1) is 5.56 Å². The molecule has 3 rings (SSSR count). The van der Waals surface area contributed by atoms with E-state index >= 15 is 0 Å². The molecule has 0 fully saturated rings. The SMILES string of the molecule is CCc1oc2ccccc2c1C(=O)c1cccc(N)c1C. The average molecular weight is 279 g/mol. The van der Waals surface area contributed by atoms with E-state index in [-0.39, 0.29) is 5.78 Å². The van der Waals surface area contributed by atoms with Gasteiger partial charge >= 0.3 is 0 Å². The van der Waals surface area contributed by atoms with E-state index in [0.717, 1.165) is 22.3 Å². The van der Waals surface area contributed by atoms with Crippen molar-refractivity contribution in [2.75, 3.05) is 5.73 Å². The van der Waals surface area contributed by atoms with Gasteiger partial charge in [-0.15, -0.1) is 0 Å². The van der Waals surface area contributed by atoms with Crippen LogP contribution in [0.4, 0.5) is 5.69 Å². The number of para-hydroxylation sites is 1. The fourth-order valence-electron chi connectivity index (χ4n) is 2.63. The van der Waals surface area contributed by atoms with Gasteiger partial charge in [0.1, 0.15) is 11.3 Å². The minimum atomic E-state index is -0.0263. The summed E-state index contributed by atoms with van der Waals surface area (Å²) >= 11 is 0. The number of nitrogens with two attached hydrogens (primary N) is 1. The number of aryl methyl sites for hydroxylation is 1. The van der Waals surface area contributed by atoms with Crippen LogP contribution in [0.1, 0.15) is 34.2 Å². The quantitative estimate of drug-likeness (QED) is 0.579. The first-order valence-electron chi connectivity index (χ1n) is 7.03. The number of nitrogen functional groups attached to an aromatic ring is 1. The van der Waals surface area contributed by atoms with Crippen LogP contribution in [0.15, 0.2) is 46.9 Å². The van der Waals surface area contributed by atoms with Crippen molar-refractivity contribution in [3.8, 4) is 0 Å². The lowest BCUT2D eigenvalue weighted by molar-refractivity contribution is 0.103. The van der Waals surface area contributed by atoms with Crippen LogP contribution in [0.25, 0.3) is 11.0 Å². The first-order valence-corrected chi connectivity index (χ1v) is 7.03. The molecule has 3 aromatic rings. The molecule has 2 aromatic carbocycles. The van der Waals surface area contributed by atoms with Gasteiger partial charge in [-0.3, -0.25) is 4.79 Å². The van der Waals surface area contributed by atoms with Gasteiger partial charge in [-0.25, -0.2) is 0 Å². The lowest BCUT2D eigenvalue weighted by atomic mass is 9.95. The maximum absolute atomic E-state index is 13.0. The second kappa shape index (κ2) is 5.09. The second-order valence-electron chi connectivity index (χ2n) is 5.10. The highest BCUT2D eigenvalue weighted by molar-refractivity contribution is 6.17. The van der Waals surface area contributed by atoms with E-state index in [4.69, 9.17) is 10.2 Å². The van der Waals surface area contributed by atoms with Crippen LogP contribution in [0.2, 0.25) is 0 Å². The molecule has 0 atom stereocenters. The van der Waals surface area contributed by atoms with Crippen molar-refractivity contribution < 1.29 is 9.21 Å². The summed E-state index contributed by atoms with van der Waals surface area (Å²) in [4.78, 5) is 13.0. The van der Waals surface area contributed by atoms with Crippen LogP contribution in [0, 0.1) is 6.92 Å². The molecule has 106 valence electrons. The van der Waals surface area contributed by atoms with Crippen LogP contribution in [-0.4, -0.2) is 5.78 Å². The van der Waals surface area contributed by atoms with Crippen LogP contribution in [0.3, 0.4) is 0 Å². The van der Waals surface area contributed by atoms with Crippen molar-refractivity contribution in [3.05, 3.63) is 64.9 Å². The predicted octanol–water partition coefficient (Wildman–Crippen LogP) is 4.12. The highest BCUT2D eigenvalue weighted by Crippen LogP contribution is 2.30. The largest absolute Gasteiger partial charge is 0.460 e. The molecule has 3 nitrogen and oxygen atoms in total. The van der Waals surface area contributed by atoms with E-state index in [0.29, 0.717) is 23.2 Å². The normalized spacial score (nSPS) is 11.0. The molecule has 1 heterocycles. The maximum atomic E-state index is 13.0. The van der Waals surface area contributed by atoms with Crippen LogP contribution < -0.4 is 5.73 Å². The zero-order chi connectivity index (χ0) is 15.0. The molecule has 21 heavy (non-hydrogen) atoms. The van der Waals surface area contributed by atoms with Gasteiger partial charge in [0.25, 0.3) is 0 Å². The number of hydrogen-bond donors (Lipinski definition) is 1. The molecule has 2 N–H and O–H groups in total. The molecule has 0 amide bonds. The Hall–Kier alpha value is -2.55. The topological polar surface area (TPSA) is 56.2 Å². The summed E-state index contributed by atoms with van der Waals surface area (Å²) in [5.74, 6) is 0.699. The van der Waals surface area contributed by atoms with E-state index < -0.39 is 0 Å². The molecular weight excluding hydrogens is 262 g/mol. The van der Waals surface area contributed by atoms with Crippen molar-refractivity contribution in [2.24, 2.45) is 0 Å². The number of anilines is 1. The molecule has 0 spiro atoms. The smallest absolute Gasteiger partial charge is 0.197 e. The third-order valence-corrected chi connectivity index (χ3v) is 3.84. The van der Waals surface area contributed by atoms with E-state index in [2.05, 4.69) is 0 Å². The number of rotatable bonds is 3. The fourth-order valence-corrected chi connectivity index (χ4v) is 2.63. The summed E-state index contributed by atoms with van der Waals surface area (Å²) in [6.45, 7) is 3.86. The Balaban J connectivity index is 2.24. The zero-order valence-corrected chi connectivity index (χ0v) is 12.1. The minimum Gasteiger partial charge on any atom is -0.460 e. The van der Waals surface area contributed by atoms with Gasteiger partial charge in [0.15, 0.2) is 5.78 Å². The number of carbonyl (C=O) groups is 1. The molecule has 0 saturated heterocycles. The third-order valence-electron chi connectivity index (χ3n) is 3.84. The first kappa shape index (κ1) is 13.4. The van der Waals surface area contributed by atoms with Crippen molar-refractivity contribution in [3.63, 3.8) is 0 Å². The van der Waals surface area contributed by atoms with Gasteiger partial charge in [-0.05, 0) is 24.6 Å². The minimum absolute atomic E-state index is 0.0263. The third kappa shape index (κ3) is 2.11. The summed E-state index contributed by atoms with van der Waals surface area (Å²) < 4.78 is 5.81. The Morgan fingerprint density at radius 1 is 1.14 bits per heavy atom. The van der Waals surface area contributed by atoms with Gasteiger partial charge in [0, 0.05) is 23.1 Å². The summed E-state index contributed by atoms with van der Waals surface area (Å²) in [7, 11) is 0. The fraction of sp³-hybridized carbons (Fsp3) is 0.167. The highest BCUT2D eigenvalue weighted by Gasteiger charge is 2.22. The Bertz CT molecular complexity index is 830. The Morgan fingerprint density at radius 2 is 1.90 bits per heavy atom. The molecule has 0 aliphatic heterocycles. The summed E-state index contributed by atoms with van der Waals surface area (Å²) in [5.41, 5.74) is 9.40. The van der Waals surface area contributed by atoms with Crippen LogP contribution in [0.5, 0.6) is 0 Å². The van der Waals surface area contributed by atoms with Crippen molar-refractivity contribution >= 4 is 22.4 Å². The average Bonchev–Trinajstić information content (AvgIpc) is 2.88. The molecule has 0 aliphatic carbocycles. The molecule has 3 heteroatoms. The number of benzene rings is 2. The molecule has 0 unspecified atom stereocenters. The Morgan fingerprint density at radius 3 is 2.67 bits per heavy atom. The van der Waals surface area contributed by atoms with Gasteiger partial charge in [-0.1, -0.05) is 37.3 Å².